The smallest absolute Gasteiger partial charge is 0.244 e. The van der Waals surface area contributed by atoms with Gasteiger partial charge < -0.3 is 10.2 Å². The lowest BCUT2D eigenvalue weighted by Crippen LogP contribution is -2.36. The zero-order chi connectivity index (χ0) is 15.1. The standard InChI is InChI=1S/C17H23FN2O/c1-20(16-7-2-3-8-16)12-11-19-17(21)10-9-14-5-4-6-15(18)13-14/h4-6,9-10,13,16H,2-3,7-8,11-12H2,1H3,(H,19,21). The third-order valence-corrected chi connectivity index (χ3v) is 3.99. The summed E-state index contributed by atoms with van der Waals surface area (Å²) < 4.78 is 13.0. The summed E-state index contributed by atoms with van der Waals surface area (Å²) in [6, 6.07) is 6.85. The highest BCUT2D eigenvalue weighted by atomic mass is 19.1. The van der Waals surface area contributed by atoms with Crippen LogP contribution in [0.5, 0.6) is 0 Å². The monoisotopic (exact) mass is 290 g/mol. The minimum absolute atomic E-state index is 0.140. The van der Waals surface area contributed by atoms with Gasteiger partial charge in [-0.2, -0.15) is 0 Å². The fraction of sp³-hybridized carbons (Fsp3) is 0.471. The second-order valence-electron chi connectivity index (χ2n) is 5.60. The molecule has 21 heavy (non-hydrogen) atoms. The highest BCUT2D eigenvalue weighted by molar-refractivity contribution is 5.91. The third kappa shape index (κ3) is 5.31. The summed E-state index contributed by atoms with van der Waals surface area (Å²) in [5, 5.41) is 2.86. The zero-order valence-corrected chi connectivity index (χ0v) is 12.5. The Morgan fingerprint density at radius 3 is 2.90 bits per heavy atom. The molecular formula is C17H23FN2O. The van der Waals surface area contributed by atoms with Crippen LogP contribution in [0.15, 0.2) is 30.3 Å². The van der Waals surface area contributed by atoms with Crippen LogP contribution in [0.2, 0.25) is 0 Å². The van der Waals surface area contributed by atoms with E-state index in [2.05, 4.69) is 17.3 Å². The predicted molar refractivity (Wildman–Crippen MR) is 83.3 cm³/mol. The van der Waals surface area contributed by atoms with E-state index in [-0.39, 0.29) is 11.7 Å². The fourth-order valence-electron chi connectivity index (χ4n) is 2.72. The van der Waals surface area contributed by atoms with E-state index < -0.39 is 0 Å². The van der Waals surface area contributed by atoms with E-state index in [0.29, 0.717) is 18.2 Å². The molecule has 0 atom stereocenters. The van der Waals surface area contributed by atoms with Crippen molar-refractivity contribution in [3.63, 3.8) is 0 Å². The largest absolute Gasteiger partial charge is 0.351 e. The van der Waals surface area contributed by atoms with Crippen molar-refractivity contribution in [2.45, 2.75) is 31.7 Å². The van der Waals surface area contributed by atoms with Crippen LogP contribution < -0.4 is 5.32 Å². The highest BCUT2D eigenvalue weighted by Gasteiger charge is 2.18. The molecule has 1 saturated carbocycles. The third-order valence-electron chi connectivity index (χ3n) is 3.99. The van der Waals surface area contributed by atoms with Crippen molar-refractivity contribution in [1.29, 1.82) is 0 Å². The van der Waals surface area contributed by atoms with Gasteiger partial charge in [0.25, 0.3) is 0 Å². The molecule has 1 fully saturated rings. The predicted octanol–water partition coefficient (Wildman–Crippen LogP) is 2.83. The van der Waals surface area contributed by atoms with E-state index >= 15 is 0 Å². The Bertz CT molecular complexity index is 495. The van der Waals surface area contributed by atoms with Gasteiger partial charge in [-0.25, -0.2) is 4.39 Å². The van der Waals surface area contributed by atoms with Crippen LogP contribution in [-0.4, -0.2) is 37.0 Å². The molecule has 1 N–H and O–H groups in total. The minimum Gasteiger partial charge on any atom is -0.351 e. The van der Waals surface area contributed by atoms with Gasteiger partial charge in [0.05, 0.1) is 0 Å². The van der Waals surface area contributed by atoms with Crippen molar-refractivity contribution >= 4 is 12.0 Å². The minimum atomic E-state index is -0.296. The summed E-state index contributed by atoms with van der Waals surface area (Å²) in [4.78, 5) is 14.0. The van der Waals surface area contributed by atoms with E-state index in [4.69, 9.17) is 0 Å². The van der Waals surface area contributed by atoms with Crippen LogP contribution in [0.1, 0.15) is 31.2 Å². The number of hydrogen-bond acceptors (Lipinski definition) is 2. The number of amides is 1. The van der Waals surface area contributed by atoms with Crippen molar-refractivity contribution in [1.82, 2.24) is 10.2 Å². The maximum Gasteiger partial charge on any atom is 0.244 e. The molecule has 2 rings (SSSR count). The molecular weight excluding hydrogens is 267 g/mol. The lowest BCUT2D eigenvalue weighted by atomic mass is 10.2. The van der Waals surface area contributed by atoms with Crippen molar-refractivity contribution in [2.75, 3.05) is 20.1 Å². The first-order valence-electron chi connectivity index (χ1n) is 7.57. The Morgan fingerprint density at radius 1 is 1.43 bits per heavy atom. The Kier molecular flexibility index (Phi) is 5.93. The lowest BCUT2D eigenvalue weighted by molar-refractivity contribution is -0.116. The van der Waals surface area contributed by atoms with Gasteiger partial charge in [-0.3, -0.25) is 4.79 Å². The number of carbonyl (C=O) groups is 1. The second kappa shape index (κ2) is 7.93. The molecule has 1 aliphatic rings. The summed E-state index contributed by atoms with van der Waals surface area (Å²) in [7, 11) is 2.12. The molecule has 0 spiro atoms. The number of rotatable bonds is 6. The van der Waals surface area contributed by atoms with Crippen molar-refractivity contribution in [3.8, 4) is 0 Å². The number of benzene rings is 1. The summed E-state index contributed by atoms with van der Waals surface area (Å²) in [5.74, 6) is -0.435. The molecule has 0 aliphatic heterocycles. The average Bonchev–Trinajstić information content (AvgIpc) is 2.99. The fourth-order valence-corrected chi connectivity index (χ4v) is 2.72. The van der Waals surface area contributed by atoms with Gasteiger partial charge in [0.2, 0.25) is 5.91 Å². The molecule has 0 radical (unpaired) electrons. The topological polar surface area (TPSA) is 32.3 Å². The molecule has 0 aromatic heterocycles. The molecule has 1 aromatic carbocycles. The van der Waals surface area contributed by atoms with E-state index in [1.807, 2.05) is 0 Å². The first kappa shape index (κ1) is 15.7. The van der Waals surface area contributed by atoms with Gasteiger partial charge in [-0.1, -0.05) is 25.0 Å². The van der Waals surface area contributed by atoms with E-state index in [1.54, 1.807) is 18.2 Å². The molecule has 0 unspecified atom stereocenters. The van der Waals surface area contributed by atoms with Crippen LogP contribution in [0.4, 0.5) is 4.39 Å². The second-order valence-corrected chi connectivity index (χ2v) is 5.60. The molecule has 0 heterocycles. The van der Waals surface area contributed by atoms with Crippen LogP contribution in [0.3, 0.4) is 0 Å². The average molecular weight is 290 g/mol. The van der Waals surface area contributed by atoms with Crippen molar-refractivity contribution in [3.05, 3.63) is 41.7 Å². The zero-order valence-electron chi connectivity index (χ0n) is 12.5. The van der Waals surface area contributed by atoms with Gasteiger partial charge in [-0.15, -0.1) is 0 Å². The Morgan fingerprint density at radius 2 is 2.19 bits per heavy atom. The summed E-state index contributed by atoms with van der Waals surface area (Å²) >= 11 is 0. The molecule has 3 nitrogen and oxygen atoms in total. The quantitative estimate of drug-likeness (QED) is 0.817. The molecule has 0 bridgehead atoms. The SMILES string of the molecule is CN(CCNC(=O)C=Cc1cccc(F)c1)C1CCCC1. The van der Waals surface area contributed by atoms with Gasteiger partial charge in [0.15, 0.2) is 0 Å². The van der Waals surface area contributed by atoms with E-state index in [1.165, 1.54) is 43.9 Å². The Labute approximate surface area is 125 Å². The Balaban J connectivity index is 1.69. The maximum absolute atomic E-state index is 13.0. The van der Waals surface area contributed by atoms with Crippen molar-refractivity contribution in [2.24, 2.45) is 0 Å². The normalized spacial score (nSPS) is 16.0. The van der Waals surface area contributed by atoms with Gasteiger partial charge in [0.1, 0.15) is 5.82 Å². The molecule has 1 aromatic rings. The molecule has 1 aliphatic carbocycles. The lowest BCUT2D eigenvalue weighted by Gasteiger charge is -2.23. The van der Waals surface area contributed by atoms with Crippen LogP contribution in [0.25, 0.3) is 6.08 Å². The van der Waals surface area contributed by atoms with Gasteiger partial charge >= 0.3 is 0 Å². The molecule has 0 saturated heterocycles. The number of carbonyl (C=O) groups excluding carboxylic acids is 1. The summed E-state index contributed by atoms with van der Waals surface area (Å²) in [6.07, 6.45) is 8.24. The van der Waals surface area contributed by atoms with Crippen LogP contribution in [-0.2, 0) is 4.79 Å². The number of hydrogen-bond donors (Lipinski definition) is 1. The Hall–Kier alpha value is -1.68. The van der Waals surface area contributed by atoms with Crippen LogP contribution >= 0.6 is 0 Å². The maximum atomic E-state index is 13.0. The number of nitrogens with zero attached hydrogens (tertiary/aromatic N) is 1. The van der Waals surface area contributed by atoms with E-state index in [0.717, 1.165) is 6.54 Å². The van der Waals surface area contributed by atoms with E-state index in [9.17, 15) is 9.18 Å². The first-order valence-corrected chi connectivity index (χ1v) is 7.57. The number of likely N-dealkylation sites (N-methyl/N-ethyl adjacent to an activating group) is 1. The van der Waals surface area contributed by atoms with Gasteiger partial charge in [0, 0.05) is 25.2 Å². The molecule has 1 amide bonds. The first-order chi connectivity index (χ1) is 10.1. The van der Waals surface area contributed by atoms with Gasteiger partial charge in [-0.05, 0) is 43.7 Å². The van der Waals surface area contributed by atoms with Crippen molar-refractivity contribution < 1.29 is 9.18 Å². The molecule has 114 valence electrons. The molecule has 4 heteroatoms. The summed E-state index contributed by atoms with van der Waals surface area (Å²) in [5.41, 5.74) is 0.688. The van der Waals surface area contributed by atoms with Crippen LogP contribution in [0, 0.1) is 5.82 Å². The number of nitrogens with one attached hydrogen (secondary N) is 1. The number of halogens is 1. The highest BCUT2D eigenvalue weighted by Crippen LogP contribution is 2.21. The summed E-state index contributed by atoms with van der Waals surface area (Å²) in [6.45, 7) is 1.50.